The van der Waals surface area contributed by atoms with E-state index < -0.39 is 0 Å². The van der Waals surface area contributed by atoms with Crippen molar-refractivity contribution in [1.29, 1.82) is 0 Å². The van der Waals surface area contributed by atoms with Crippen LogP contribution in [0.5, 0.6) is 0 Å². The Morgan fingerprint density at radius 3 is 2.44 bits per heavy atom. The summed E-state index contributed by atoms with van der Waals surface area (Å²) in [4.78, 5) is 25.0. The largest absolute Gasteiger partial charge is 0.368 e. The molecule has 0 N–H and O–H groups in total. The van der Waals surface area contributed by atoms with Gasteiger partial charge in [0.05, 0.1) is 17.4 Å². The Kier molecular flexibility index (Phi) is 5.40. The number of hydrogen-bond donors (Lipinski definition) is 0. The van der Waals surface area contributed by atoms with E-state index in [-0.39, 0.29) is 11.7 Å². The summed E-state index contributed by atoms with van der Waals surface area (Å²) in [5.41, 5.74) is 7.61. The van der Waals surface area contributed by atoms with Crippen LogP contribution in [0.1, 0.15) is 12.6 Å². The highest BCUT2D eigenvalue weighted by molar-refractivity contribution is 5.94. The molecule has 36 heavy (non-hydrogen) atoms. The number of pyridine rings is 2. The van der Waals surface area contributed by atoms with Crippen molar-refractivity contribution in [2.45, 2.75) is 13.8 Å². The highest BCUT2D eigenvalue weighted by Crippen LogP contribution is 2.31. The second kappa shape index (κ2) is 8.75. The number of carbonyl (C=O) groups is 1. The molecule has 0 atom stereocenters. The Bertz CT molecular complexity index is 1590. The average Bonchev–Trinajstić information content (AvgIpc) is 3.31. The van der Waals surface area contributed by atoms with Crippen molar-refractivity contribution in [3.63, 3.8) is 0 Å². The summed E-state index contributed by atoms with van der Waals surface area (Å²) < 4.78 is 15.9. The number of halogens is 1. The molecule has 0 unspecified atom stereocenters. The minimum Gasteiger partial charge on any atom is -0.368 e. The van der Waals surface area contributed by atoms with Crippen molar-refractivity contribution in [2.24, 2.45) is 0 Å². The van der Waals surface area contributed by atoms with Gasteiger partial charge in [-0.15, -0.1) is 0 Å². The summed E-state index contributed by atoms with van der Waals surface area (Å²) >= 11 is 0. The third-order valence-corrected chi connectivity index (χ3v) is 6.98. The lowest BCUT2D eigenvalue weighted by Crippen LogP contribution is -2.48. The maximum absolute atomic E-state index is 13.8. The van der Waals surface area contributed by atoms with Crippen LogP contribution in [0.4, 0.5) is 10.1 Å². The first-order chi connectivity index (χ1) is 17.5. The van der Waals surface area contributed by atoms with E-state index in [0.29, 0.717) is 5.52 Å². The maximum Gasteiger partial charge on any atom is 0.219 e. The zero-order valence-electron chi connectivity index (χ0n) is 20.3. The van der Waals surface area contributed by atoms with Gasteiger partial charge in [-0.1, -0.05) is 12.1 Å². The minimum absolute atomic E-state index is 0.142. The first kappa shape index (κ1) is 22.2. The fraction of sp³-hybridized carbons (Fsp3) is 0.207. The van der Waals surface area contributed by atoms with Gasteiger partial charge in [0.15, 0.2) is 0 Å². The number of rotatable bonds is 3. The molecule has 1 saturated heterocycles. The van der Waals surface area contributed by atoms with Gasteiger partial charge >= 0.3 is 0 Å². The second-order valence-corrected chi connectivity index (χ2v) is 9.30. The van der Waals surface area contributed by atoms with Crippen LogP contribution in [-0.2, 0) is 4.79 Å². The normalized spacial score (nSPS) is 14.1. The van der Waals surface area contributed by atoms with E-state index in [4.69, 9.17) is 0 Å². The number of benzene rings is 2. The highest BCUT2D eigenvalue weighted by atomic mass is 19.1. The molecule has 6 rings (SSSR count). The number of amides is 1. The van der Waals surface area contributed by atoms with E-state index in [1.165, 1.54) is 17.8 Å². The molecular formula is C29H26FN5O. The number of piperazine rings is 1. The van der Waals surface area contributed by atoms with Crippen LogP contribution in [0.15, 0.2) is 73.1 Å². The van der Waals surface area contributed by atoms with Crippen LogP contribution in [0.25, 0.3) is 38.9 Å². The molecule has 1 fully saturated rings. The molecule has 0 radical (unpaired) electrons. The third-order valence-electron chi connectivity index (χ3n) is 6.98. The molecule has 1 amide bonds. The Morgan fingerprint density at radius 2 is 1.69 bits per heavy atom. The van der Waals surface area contributed by atoms with Crippen LogP contribution >= 0.6 is 0 Å². The molecule has 5 aromatic rings. The van der Waals surface area contributed by atoms with Crippen molar-refractivity contribution < 1.29 is 9.18 Å². The lowest BCUT2D eigenvalue weighted by molar-refractivity contribution is -0.129. The summed E-state index contributed by atoms with van der Waals surface area (Å²) in [6, 6.07) is 19.5. The van der Waals surface area contributed by atoms with Gasteiger partial charge in [-0.05, 0) is 60.5 Å². The number of hydrogen-bond acceptors (Lipinski definition) is 4. The zero-order chi connectivity index (χ0) is 24.8. The van der Waals surface area contributed by atoms with Gasteiger partial charge in [-0.2, -0.15) is 0 Å². The molecule has 6 nitrogen and oxygen atoms in total. The number of aryl methyl sites for hydroxylation is 1. The summed E-state index contributed by atoms with van der Waals surface area (Å²) in [6.45, 7) is 6.76. The number of imidazole rings is 1. The Hall–Kier alpha value is -4.26. The van der Waals surface area contributed by atoms with E-state index in [1.807, 2.05) is 30.3 Å². The molecule has 7 heteroatoms. The summed E-state index contributed by atoms with van der Waals surface area (Å²) in [5.74, 6) is -0.151. The van der Waals surface area contributed by atoms with Gasteiger partial charge in [0.25, 0.3) is 0 Å². The standard InChI is InChI=1S/C29H26FN5O/c1-19-15-26(25-8-5-23(30)17-27(25)32-19)28-18-31-29-16-22(9-10-35(28)29)21-3-6-24(7-4-21)34-13-11-33(12-14-34)20(2)36/h3-10,15-18H,11-14H2,1-2H3. The van der Waals surface area contributed by atoms with Gasteiger partial charge < -0.3 is 9.80 Å². The van der Waals surface area contributed by atoms with Crippen molar-refractivity contribution >= 4 is 28.1 Å². The molecule has 0 spiro atoms. The lowest BCUT2D eigenvalue weighted by atomic mass is 10.0. The molecule has 4 heterocycles. The summed E-state index contributed by atoms with van der Waals surface area (Å²) in [5, 5.41) is 0.896. The Morgan fingerprint density at radius 1 is 0.917 bits per heavy atom. The van der Waals surface area contributed by atoms with E-state index >= 15 is 0 Å². The number of nitrogens with zero attached hydrogens (tertiary/aromatic N) is 5. The zero-order valence-corrected chi connectivity index (χ0v) is 20.3. The van der Waals surface area contributed by atoms with Crippen LogP contribution in [-0.4, -0.2) is 51.4 Å². The van der Waals surface area contributed by atoms with Crippen molar-refractivity contribution in [3.05, 3.63) is 84.6 Å². The number of anilines is 1. The Balaban J connectivity index is 1.29. The van der Waals surface area contributed by atoms with Crippen LogP contribution in [0.3, 0.4) is 0 Å². The van der Waals surface area contributed by atoms with Crippen molar-refractivity contribution in [3.8, 4) is 22.4 Å². The van der Waals surface area contributed by atoms with Gasteiger partial charge in [0.2, 0.25) is 5.91 Å². The Labute approximate surface area is 208 Å². The molecule has 0 bridgehead atoms. The fourth-order valence-electron chi connectivity index (χ4n) is 5.05. The van der Waals surface area contributed by atoms with Crippen LogP contribution in [0, 0.1) is 12.7 Å². The van der Waals surface area contributed by atoms with Crippen LogP contribution in [0.2, 0.25) is 0 Å². The predicted molar refractivity (Wildman–Crippen MR) is 141 cm³/mol. The predicted octanol–water partition coefficient (Wildman–Crippen LogP) is 5.33. The second-order valence-electron chi connectivity index (χ2n) is 9.30. The summed E-state index contributed by atoms with van der Waals surface area (Å²) in [6.07, 6.45) is 3.90. The fourth-order valence-corrected chi connectivity index (χ4v) is 5.05. The van der Waals surface area contributed by atoms with Gasteiger partial charge in [-0.3, -0.25) is 14.2 Å². The molecule has 1 aliphatic heterocycles. The smallest absolute Gasteiger partial charge is 0.219 e. The van der Waals surface area contributed by atoms with Crippen LogP contribution < -0.4 is 4.90 Å². The van der Waals surface area contributed by atoms with E-state index in [0.717, 1.165) is 65.3 Å². The number of fused-ring (bicyclic) bond motifs is 2. The summed E-state index contributed by atoms with van der Waals surface area (Å²) in [7, 11) is 0. The van der Waals surface area contributed by atoms with E-state index in [2.05, 4.69) is 55.7 Å². The topological polar surface area (TPSA) is 53.7 Å². The number of aromatic nitrogens is 3. The molecular weight excluding hydrogens is 453 g/mol. The highest BCUT2D eigenvalue weighted by Gasteiger charge is 2.19. The first-order valence-corrected chi connectivity index (χ1v) is 12.1. The van der Waals surface area contributed by atoms with Gasteiger partial charge in [-0.25, -0.2) is 9.37 Å². The average molecular weight is 480 g/mol. The van der Waals surface area contributed by atoms with Gasteiger partial charge in [0, 0.05) is 67.7 Å². The quantitative estimate of drug-likeness (QED) is 0.351. The molecule has 180 valence electrons. The van der Waals surface area contributed by atoms with Crippen molar-refractivity contribution in [2.75, 3.05) is 31.1 Å². The first-order valence-electron chi connectivity index (χ1n) is 12.1. The van der Waals surface area contributed by atoms with E-state index in [1.54, 1.807) is 13.0 Å². The van der Waals surface area contributed by atoms with E-state index in [9.17, 15) is 9.18 Å². The molecule has 3 aromatic heterocycles. The third kappa shape index (κ3) is 3.96. The minimum atomic E-state index is -0.293. The SMILES string of the molecule is CC(=O)N1CCN(c2ccc(-c3ccn4c(-c5cc(C)nc6cc(F)ccc56)cnc4c3)cc2)CC1. The molecule has 0 aliphatic carbocycles. The molecule has 0 saturated carbocycles. The monoisotopic (exact) mass is 479 g/mol. The number of carbonyl (C=O) groups excluding carboxylic acids is 1. The molecule has 1 aliphatic rings. The lowest BCUT2D eigenvalue weighted by Gasteiger charge is -2.35. The van der Waals surface area contributed by atoms with Gasteiger partial charge in [0.1, 0.15) is 11.5 Å². The van der Waals surface area contributed by atoms with Crippen molar-refractivity contribution in [1.82, 2.24) is 19.3 Å². The maximum atomic E-state index is 13.8. The molecule has 2 aromatic carbocycles.